The maximum atomic E-state index is 12.4. The molecule has 6 aromatic rings. The minimum Gasteiger partial charge on any atom is -0.862 e. The number of fused-ring (bicyclic) bond motifs is 4. The lowest BCUT2D eigenvalue weighted by Crippen LogP contribution is -2.34. The summed E-state index contributed by atoms with van der Waals surface area (Å²) in [6.45, 7) is 5.81. The first-order valence-electron chi connectivity index (χ1n) is 25.3. The van der Waals surface area contributed by atoms with Crippen molar-refractivity contribution in [3.8, 4) is 0 Å². The second-order valence-electron chi connectivity index (χ2n) is 17.9. The molecule has 0 unspecified atom stereocenters. The van der Waals surface area contributed by atoms with Gasteiger partial charge in [-0.1, -0.05) is 72.1 Å². The summed E-state index contributed by atoms with van der Waals surface area (Å²) < 4.78 is 21.6. The summed E-state index contributed by atoms with van der Waals surface area (Å²) in [7, 11) is 4.26. The number of hydrogen-bond acceptors (Lipinski definition) is 11. The Labute approximate surface area is 452 Å². The Morgan fingerprint density at radius 2 is 0.890 bits per heavy atom. The van der Waals surface area contributed by atoms with Crippen molar-refractivity contribution in [1.29, 1.82) is 0 Å². The Hall–Kier alpha value is -5.12. The van der Waals surface area contributed by atoms with Crippen LogP contribution in [0.1, 0.15) is 75.3 Å². The molecule has 0 saturated heterocycles. The van der Waals surface area contributed by atoms with Gasteiger partial charge in [-0.05, 0) is 123 Å². The first-order valence-corrected chi connectivity index (χ1v) is 27.0. The van der Waals surface area contributed by atoms with Crippen molar-refractivity contribution in [1.82, 2.24) is 0 Å². The molecular weight excluding hydrogens is 996 g/mol. The molecule has 388 valence electrons. The topological polar surface area (TPSA) is 113 Å². The fourth-order valence-electron chi connectivity index (χ4n) is 8.93. The van der Waals surface area contributed by atoms with E-state index in [0.29, 0.717) is 78.4 Å². The summed E-state index contributed by atoms with van der Waals surface area (Å²) >= 11 is 3.62. The van der Waals surface area contributed by atoms with Crippen molar-refractivity contribution < 1.29 is 33.6 Å². The molecule has 15 heteroatoms. The smallest absolute Gasteiger partial charge is 0.213 e. The number of aliphatic imine (C=N–C) groups is 2. The van der Waals surface area contributed by atoms with E-state index in [-0.39, 0.29) is 36.6 Å². The molecule has 8 rings (SSSR count). The van der Waals surface area contributed by atoms with E-state index in [4.69, 9.17) is 14.2 Å². The molecule has 73 heavy (non-hydrogen) atoms. The average molecular weight is 1070 g/mol. The molecule has 0 aliphatic carbocycles. The SMILES string of the molecule is CN1/C(=C/c2cc[n+](CCCCCC([O-])=NCCCOCCOCCOCCCN=C([O-])CCCCC[n+]3ccc(/C=C4/Sc5ccccc5N4C)c4ccccc43)c3ccccc23)Sc2ccccc21.Cl.Cl. The predicted octanol–water partition coefficient (Wildman–Crippen LogP) is 10.7. The summed E-state index contributed by atoms with van der Waals surface area (Å²) in [5.41, 5.74) is 7.36. The van der Waals surface area contributed by atoms with Crippen LogP contribution in [0.4, 0.5) is 11.4 Å². The first kappa shape index (κ1) is 57.2. The Kier molecular flexibility index (Phi) is 23.7. The number of benzene rings is 4. The summed E-state index contributed by atoms with van der Waals surface area (Å²) in [6, 6.07) is 38.7. The summed E-state index contributed by atoms with van der Waals surface area (Å²) in [4.78, 5) is 15.6. The molecule has 0 radical (unpaired) electrons. The first-order chi connectivity index (χ1) is 34.9. The van der Waals surface area contributed by atoms with Crippen molar-refractivity contribution in [3.05, 3.63) is 143 Å². The third-order valence-corrected chi connectivity index (χ3v) is 15.1. The van der Waals surface area contributed by atoms with E-state index in [1.165, 1.54) is 64.2 Å². The zero-order chi connectivity index (χ0) is 49.0. The minimum atomic E-state index is -0.0258. The van der Waals surface area contributed by atoms with E-state index < -0.39 is 0 Å². The lowest BCUT2D eigenvalue weighted by Gasteiger charge is -2.13. The quantitative estimate of drug-likeness (QED) is 0.0205. The number of aryl methyl sites for hydroxylation is 2. The van der Waals surface area contributed by atoms with Gasteiger partial charge in [0.15, 0.2) is 12.4 Å². The van der Waals surface area contributed by atoms with Crippen LogP contribution in [-0.2, 0) is 27.3 Å². The van der Waals surface area contributed by atoms with Gasteiger partial charge in [0.2, 0.25) is 11.0 Å². The van der Waals surface area contributed by atoms with E-state index in [2.05, 4.69) is 177 Å². The van der Waals surface area contributed by atoms with Crippen LogP contribution in [0.2, 0.25) is 0 Å². The minimum absolute atomic E-state index is 0. The average Bonchev–Trinajstić information content (AvgIpc) is 3.89. The third kappa shape index (κ3) is 16.4. The van der Waals surface area contributed by atoms with Gasteiger partial charge in [-0.25, -0.2) is 0 Å². The Bertz CT molecular complexity index is 2640. The summed E-state index contributed by atoms with van der Waals surface area (Å²) in [5.74, 6) is -0.0517. The fraction of sp³-hybridized carbons (Fsp3) is 0.379. The zero-order valence-electron chi connectivity index (χ0n) is 42.2. The van der Waals surface area contributed by atoms with Crippen molar-refractivity contribution >= 4 is 105 Å². The maximum absolute atomic E-state index is 12.4. The van der Waals surface area contributed by atoms with Gasteiger partial charge in [-0.15, -0.1) is 24.8 Å². The van der Waals surface area contributed by atoms with Crippen molar-refractivity contribution in [2.24, 2.45) is 9.98 Å². The van der Waals surface area contributed by atoms with Crippen molar-refractivity contribution in [3.63, 3.8) is 0 Å². The van der Waals surface area contributed by atoms with Gasteiger partial charge < -0.3 is 44.2 Å². The molecule has 2 aromatic heterocycles. The number of para-hydroxylation sites is 4. The van der Waals surface area contributed by atoms with Crippen LogP contribution in [0.3, 0.4) is 0 Å². The predicted molar refractivity (Wildman–Crippen MR) is 303 cm³/mol. The summed E-state index contributed by atoms with van der Waals surface area (Å²) in [6.07, 6.45) is 17.0. The monoisotopic (exact) mass is 1060 g/mol. The molecule has 4 heterocycles. The van der Waals surface area contributed by atoms with Crippen LogP contribution in [-0.4, -0.2) is 78.6 Å². The highest BCUT2D eigenvalue weighted by atomic mass is 35.5. The van der Waals surface area contributed by atoms with Crippen molar-refractivity contribution in [2.75, 3.05) is 76.6 Å². The van der Waals surface area contributed by atoms with Crippen LogP contribution < -0.4 is 29.1 Å². The zero-order valence-corrected chi connectivity index (χ0v) is 45.5. The van der Waals surface area contributed by atoms with E-state index in [0.717, 1.165) is 51.6 Å². The van der Waals surface area contributed by atoms with E-state index in [9.17, 15) is 10.2 Å². The number of aromatic nitrogens is 2. The fourth-order valence-corrected chi connectivity index (χ4v) is 11.1. The van der Waals surface area contributed by atoms with Gasteiger partial charge in [0.25, 0.3) is 0 Å². The lowest BCUT2D eigenvalue weighted by atomic mass is 10.1. The Morgan fingerprint density at radius 1 is 0.493 bits per heavy atom. The van der Waals surface area contributed by atoms with Gasteiger partial charge in [0.05, 0.1) is 58.6 Å². The number of pyridine rings is 2. The molecule has 0 atom stereocenters. The standard InChI is InChI=1S/C58H68N6O5S2.2ClH/c1-61-51-23-11-13-25-53(51)70-57(61)43-45-29-35-63(49-21-9-7-19-47(45)49)33-15-3-5-27-55(65)59-31-17-37-67-39-41-69-42-40-68-38-18-32-60-56(66)28-6-4-16-34-64-36-30-46(48-20-8-10-22-50(48)64)44-58-62(2)52-24-12-14-26-54(52)71-58;;/h7-14,19-26,29-30,35-36,43-44H,3-6,15-18,27-28,31-34,37-42H2,1-2H3;2*1H. The number of thioether (sulfide) groups is 2. The molecule has 0 N–H and O–H groups in total. The molecule has 0 saturated carbocycles. The van der Waals surface area contributed by atoms with Gasteiger partial charge in [0, 0.05) is 87.3 Å². The normalized spacial score (nSPS) is 14.5. The molecule has 0 bridgehead atoms. The molecule has 0 amide bonds. The van der Waals surface area contributed by atoms with Gasteiger partial charge >= 0.3 is 0 Å². The van der Waals surface area contributed by atoms with E-state index in [1.807, 2.05) is 23.5 Å². The van der Waals surface area contributed by atoms with Gasteiger partial charge in [-0.3, -0.25) is 0 Å². The van der Waals surface area contributed by atoms with Crippen LogP contribution >= 0.6 is 48.3 Å². The Balaban J connectivity index is 0.00000435. The maximum Gasteiger partial charge on any atom is 0.213 e. The highest BCUT2D eigenvalue weighted by Crippen LogP contribution is 2.46. The molecule has 2 aliphatic heterocycles. The number of hydrogen-bond donors (Lipinski definition) is 0. The van der Waals surface area contributed by atoms with Gasteiger partial charge in [-0.2, -0.15) is 9.13 Å². The second-order valence-corrected chi connectivity index (χ2v) is 20.0. The molecule has 0 spiro atoms. The van der Waals surface area contributed by atoms with Gasteiger partial charge in [0.1, 0.15) is 13.1 Å². The molecule has 2 aliphatic rings. The third-order valence-electron chi connectivity index (χ3n) is 12.8. The number of unbranched alkanes of at least 4 members (excludes halogenated alkanes) is 4. The Morgan fingerprint density at radius 3 is 1.33 bits per heavy atom. The van der Waals surface area contributed by atoms with E-state index in [1.54, 1.807) is 0 Å². The highest BCUT2D eigenvalue weighted by molar-refractivity contribution is 8.04. The van der Waals surface area contributed by atoms with Crippen LogP contribution in [0.25, 0.3) is 34.0 Å². The van der Waals surface area contributed by atoms with Crippen LogP contribution in [0.5, 0.6) is 0 Å². The molecule has 11 nitrogen and oxygen atoms in total. The van der Waals surface area contributed by atoms with Crippen LogP contribution in [0, 0.1) is 0 Å². The number of rotatable bonds is 28. The number of ether oxygens (including phenoxy) is 3. The molecule has 4 aromatic carbocycles. The number of anilines is 2. The number of halogens is 2. The largest absolute Gasteiger partial charge is 0.862 e. The molecular formula is C58H70Cl2N6O5S2. The van der Waals surface area contributed by atoms with E-state index >= 15 is 0 Å². The second kappa shape index (κ2) is 30.3. The summed E-state index contributed by atoms with van der Waals surface area (Å²) in [5, 5.41) is 29.7. The highest BCUT2D eigenvalue weighted by Gasteiger charge is 2.24. The van der Waals surface area contributed by atoms with Crippen molar-refractivity contribution in [2.45, 2.75) is 87.1 Å². The number of nitrogens with zero attached hydrogens (tertiary/aromatic N) is 6. The molecule has 0 fully saturated rings. The van der Waals surface area contributed by atoms with Crippen LogP contribution in [0.15, 0.2) is 151 Å². The lowest BCUT2D eigenvalue weighted by molar-refractivity contribution is -0.672.